The van der Waals surface area contributed by atoms with E-state index in [1.54, 1.807) is 24.3 Å². The summed E-state index contributed by atoms with van der Waals surface area (Å²) in [5.41, 5.74) is -2.40. The fraction of sp³-hybridized carbons (Fsp3) is 0.524. The normalized spacial score (nSPS) is 11.9. The third kappa shape index (κ3) is 7.65. The molecule has 2 aromatic rings. The smallest absolute Gasteiger partial charge is 0.389 e. The first kappa shape index (κ1) is 25.9. The van der Waals surface area contributed by atoms with Crippen molar-refractivity contribution in [3.63, 3.8) is 0 Å². The lowest BCUT2D eigenvalue weighted by atomic mass is 10.1. The number of alkyl halides is 3. The SMILES string of the molecule is Cn1nc(OCCCc2cccc(OC(C)(C)C(=O)[O-])c2)c(=O)n(CCCC(F)(F)F)c1=O. The number of ether oxygens (including phenoxy) is 2. The van der Waals surface area contributed by atoms with Crippen LogP contribution >= 0.6 is 0 Å². The predicted molar refractivity (Wildman–Crippen MR) is 109 cm³/mol. The van der Waals surface area contributed by atoms with E-state index in [1.165, 1.54) is 20.9 Å². The average molecular weight is 472 g/mol. The van der Waals surface area contributed by atoms with E-state index in [4.69, 9.17) is 9.47 Å². The monoisotopic (exact) mass is 472 g/mol. The van der Waals surface area contributed by atoms with Gasteiger partial charge in [-0.05, 0) is 50.8 Å². The zero-order valence-corrected chi connectivity index (χ0v) is 18.5. The number of halogens is 3. The second kappa shape index (κ2) is 10.5. The van der Waals surface area contributed by atoms with E-state index < -0.39 is 48.4 Å². The van der Waals surface area contributed by atoms with Crippen LogP contribution in [-0.4, -0.2) is 38.7 Å². The molecule has 0 unspecified atom stereocenters. The highest BCUT2D eigenvalue weighted by Crippen LogP contribution is 2.22. The Morgan fingerprint density at radius 2 is 1.88 bits per heavy atom. The Labute approximate surface area is 187 Å². The number of aromatic nitrogens is 3. The van der Waals surface area contributed by atoms with E-state index in [1.807, 2.05) is 0 Å². The standard InChI is InChI=1S/C21H26F3N3O6/c1-20(2,18(29)30)33-15-9-4-7-14(13-15)8-5-12-32-16-17(28)27(19(31)26(3)25-16)11-6-10-21(22,23)24/h4,7,9,13H,5-6,8,10-12H2,1-3H3,(H,29,30)/p-1. The fourth-order valence-corrected chi connectivity index (χ4v) is 2.87. The Bertz CT molecular complexity index is 1090. The second-order valence-electron chi connectivity index (χ2n) is 7.89. The highest BCUT2D eigenvalue weighted by molar-refractivity contribution is 5.74. The first-order valence-electron chi connectivity index (χ1n) is 10.2. The summed E-state index contributed by atoms with van der Waals surface area (Å²) in [5, 5.41) is 14.8. The van der Waals surface area contributed by atoms with Crippen molar-refractivity contribution >= 4 is 5.97 Å². The van der Waals surface area contributed by atoms with Crippen LogP contribution in [0.4, 0.5) is 13.2 Å². The molecule has 0 aliphatic rings. The van der Waals surface area contributed by atoms with Gasteiger partial charge in [-0.3, -0.25) is 9.36 Å². The van der Waals surface area contributed by atoms with Gasteiger partial charge in [-0.15, -0.1) is 5.10 Å². The molecule has 0 bridgehead atoms. The highest BCUT2D eigenvalue weighted by Gasteiger charge is 2.26. The van der Waals surface area contributed by atoms with Gasteiger partial charge in [0.05, 0.1) is 12.6 Å². The van der Waals surface area contributed by atoms with Gasteiger partial charge in [-0.2, -0.15) is 13.2 Å². The maximum Gasteiger partial charge on any atom is 0.389 e. The molecular weight excluding hydrogens is 447 g/mol. The number of carbonyl (C=O) groups excluding carboxylic acids is 1. The van der Waals surface area contributed by atoms with Gasteiger partial charge < -0.3 is 19.4 Å². The Balaban J connectivity index is 1.98. The zero-order valence-electron chi connectivity index (χ0n) is 18.5. The molecule has 0 N–H and O–H groups in total. The van der Waals surface area contributed by atoms with Crippen molar-refractivity contribution in [3.05, 3.63) is 50.7 Å². The summed E-state index contributed by atoms with van der Waals surface area (Å²) >= 11 is 0. The number of aliphatic carboxylic acids is 1. The molecule has 2 rings (SSSR count). The van der Waals surface area contributed by atoms with Gasteiger partial charge in [-0.1, -0.05) is 12.1 Å². The Morgan fingerprint density at radius 1 is 1.18 bits per heavy atom. The minimum Gasteiger partial charge on any atom is -0.546 e. The van der Waals surface area contributed by atoms with Crippen molar-refractivity contribution in [2.45, 2.75) is 57.9 Å². The van der Waals surface area contributed by atoms with Crippen molar-refractivity contribution in [3.8, 4) is 11.6 Å². The van der Waals surface area contributed by atoms with Crippen molar-refractivity contribution in [1.29, 1.82) is 0 Å². The fourth-order valence-electron chi connectivity index (χ4n) is 2.87. The van der Waals surface area contributed by atoms with E-state index in [0.717, 1.165) is 10.2 Å². The van der Waals surface area contributed by atoms with E-state index in [0.29, 0.717) is 23.2 Å². The lowest BCUT2D eigenvalue weighted by molar-refractivity contribution is -0.320. The molecule has 1 heterocycles. The zero-order chi connectivity index (χ0) is 24.8. The molecule has 1 aromatic carbocycles. The van der Waals surface area contributed by atoms with Crippen LogP contribution in [0.3, 0.4) is 0 Å². The summed E-state index contributed by atoms with van der Waals surface area (Å²) < 4.78 is 49.4. The van der Waals surface area contributed by atoms with Crippen LogP contribution in [0.15, 0.2) is 33.9 Å². The Kier molecular flexibility index (Phi) is 8.29. The minimum absolute atomic E-state index is 0.0542. The molecule has 1 aromatic heterocycles. The summed E-state index contributed by atoms with van der Waals surface area (Å²) in [6.07, 6.45) is -5.00. The summed E-state index contributed by atoms with van der Waals surface area (Å²) in [7, 11) is 1.27. The van der Waals surface area contributed by atoms with Crippen LogP contribution in [0, 0.1) is 0 Å². The third-order valence-electron chi connectivity index (χ3n) is 4.63. The molecule has 33 heavy (non-hydrogen) atoms. The van der Waals surface area contributed by atoms with Gasteiger partial charge in [0.2, 0.25) is 0 Å². The molecule has 0 aliphatic heterocycles. The van der Waals surface area contributed by atoms with Crippen molar-refractivity contribution in [1.82, 2.24) is 14.3 Å². The molecule has 0 aliphatic carbocycles. The number of hydrogen-bond acceptors (Lipinski definition) is 7. The minimum atomic E-state index is -4.39. The summed E-state index contributed by atoms with van der Waals surface area (Å²) in [5.74, 6) is -1.38. The van der Waals surface area contributed by atoms with Crippen LogP contribution in [0.2, 0.25) is 0 Å². The number of nitrogens with zero attached hydrogens (tertiary/aromatic N) is 3. The molecule has 12 heteroatoms. The molecule has 0 radical (unpaired) electrons. The summed E-state index contributed by atoms with van der Waals surface area (Å²) in [6.45, 7) is 2.40. The highest BCUT2D eigenvalue weighted by atomic mass is 19.4. The van der Waals surface area contributed by atoms with Crippen molar-refractivity contribution in [2.24, 2.45) is 7.05 Å². The van der Waals surface area contributed by atoms with Gasteiger partial charge >= 0.3 is 17.4 Å². The molecule has 0 amide bonds. The van der Waals surface area contributed by atoms with Crippen molar-refractivity contribution < 1.29 is 32.5 Å². The number of hydrogen-bond donors (Lipinski definition) is 0. The van der Waals surface area contributed by atoms with Crippen LogP contribution in [-0.2, 0) is 24.8 Å². The first-order valence-corrected chi connectivity index (χ1v) is 10.2. The molecule has 0 atom stereocenters. The average Bonchev–Trinajstić information content (AvgIpc) is 2.70. The van der Waals surface area contributed by atoms with Crippen LogP contribution in [0.25, 0.3) is 0 Å². The topological polar surface area (TPSA) is 115 Å². The number of rotatable bonds is 11. The van der Waals surface area contributed by atoms with E-state index in [2.05, 4.69) is 5.10 Å². The molecule has 0 spiro atoms. The quantitative estimate of drug-likeness (QED) is 0.452. The van der Waals surface area contributed by atoms with E-state index in [-0.39, 0.29) is 12.5 Å². The molecule has 0 fully saturated rings. The molecule has 182 valence electrons. The number of carboxylic acids is 1. The number of carbonyl (C=O) groups is 1. The Hall–Kier alpha value is -3.31. The van der Waals surface area contributed by atoms with Gasteiger partial charge in [-0.25, -0.2) is 9.48 Å². The van der Waals surface area contributed by atoms with E-state index >= 15 is 0 Å². The van der Waals surface area contributed by atoms with Crippen molar-refractivity contribution in [2.75, 3.05) is 6.61 Å². The lowest BCUT2D eigenvalue weighted by Gasteiger charge is -2.27. The number of benzene rings is 1. The van der Waals surface area contributed by atoms with Gasteiger partial charge in [0.15, 0.2) is 0 Å². The molecule has 0 saturated heterocycles. The largest absolute Gasteiger partial charge is 0.546 e. The summed E-state index contributed by atoms with van der Waals surface area (Å²) in [6, 6.07) is 6.78. The molecule has 0 saturated carbocycles. The van der Waals surface area contributed by atoms with Gasteiger partial charge in [0.25, 0.3) is 5.88 Å². The lowest BCUT2D eigenvalue weighted by Crippen LogP contribution is -2.47. The maximum absolute atomic E-state index is 12.4. The van der Waals surface area contributed by atoms with Gasteiger partial charge in [0, 0.05) is 20.0 Å². The number of carboxylic acid groups (broad SMARTS) is 1. The van der Waals surface area contributed by atoms with Crippen LogP contribution < -0.4 is 25.8 Å². The number of aryl methyl sites for hydroxylation is 2. The molecule has 9 nitrogen and oxygen atoms in total. The first-order chi connectivity index (χ1) is 15.3. The Morgan fingerprint density at radius 3 is 2.52 bits per heavy atom. The van der Waals surface area contributed by atoms with E-state index in [9.17, 15) is 32.7 Å². The summed E-state index contributed by atoms with van der Waals surface area (Å²) in [4.78, 5) is 35.6. The second-order valence-corrected chi connectivity index (χ2v) is 7.89. The third-order valence-corrected chi connectivity index (χ3v) is 4.63. The van der Waals surface area contributed by atoms with Gasteiger partial charge in [0.1, 0.15) is 11.4 Å². The van der Waals surface area contributed by atoms with Crippen LogP contribution in [0.1, 0.15) is 38.7 Å². The molecular formula is C21H25F3N3O6-. The van der Waals surface area contributed by atoms with Crippen LogP contribution in [0.5, 0.6) is 11.6 Å². The maximum atomic E-state index is 12.4. The predicted octanol–water partition coefficient (Wildman–Crippen LogP) is 1.20.